The Morgan fingerprint density at radius 3 is 2.58 bits per heavy atom. The van der Waals surface area contributed by atoms with Crippen molar-refractivity contribution >= 4 is 33.1 Å². The first-order chi connectivity index (χ1) is 11.5. The molecule has 0 aliphatic carbocycles. The van der Waals surface area contributed by atoms with Gasteiger partial charge in [-0.1, -0.05) is 11.6 Å². The molecule has 128 valence electrons. The van der Waals surface area contributed by atoms with Gasteiger partial charge in [0.2, 0.25) is 0 Å². The monoisotopic (exact) mass is 366 g/mol. The van der Waals surface area contributed by atoms with Gasteiger partial charge in [0.1, 0.15) is 5.82 Å². The topological polar surface area (TPSA) is 74.3 Å². The second kappa shape index (κ2) is 7.38. The lowest BCUT2D eigenvalue weighted by molar-refractivity contribution is 0.601. The van der Waals surface area contributed by atoms with E-state index in [0.29, 0.717) is 10.7 Å². The molecule has 1 aliphatic heterocycles. The number of halogens is 1. The average Bonchev–Trinajstić information content (AvgIpc) is 2.85. The summed E-state index contributed by atoms with van der Waals surface area (Å²) in [5.74, 6) is 0.855. The molecular weight excluding hydrogens is 348 g/mol. The normalized spacial score (nSPS) is 15.8. The Labute approximate surface area is 146 Å². The van der Waals surface area contributed by atoms with Crippen LogP contribution in [0.1, 0.15) is 6.42 Å². The summed E-state index contributed by atoms with van der Waals surface area (Å²) in [6.07, 6.45) is 2.60. The predicted molar refractivity (Wildman–Crippen MR) is 96.2 cm³/mol. The summed E-state index contributed by atoms with van der Waals surface area (Å²) in [7, 11) is -3.65. The number of benzene rings is 1. The molecule has 0 atom stereocenters. The van der Waals surface area contributed by atoms with Crippen LogP contribution in [0.3, 0.4) is 0 Å². The molecule has 0 radical (unpaired) electrons. The highest BCUT2D eigenvalue weighted by molar-refractivity contribution is 7.92. The third-order valence-corrected chi connectivity index (χ3v) is 5.44. The van der Waals surface area contributed by atoms with Crippen molar-refractivity contribution in [2.75, 3.05) is 35.8 Å². The zero-order valence-electron chi connectivity index (χ0n) is 13.1. The van der Waals surface area contributed by atoms with E-state index in [-0.39, 0.29) is 4.90 Å². The molecule has 8 heteroatoms. The number of anilines is 2. The van der Waals surface area contributed by atoms with Gasteiger partial charge >= 0.3 is 0 Å². The van der Waals surface area contributed by atoms with Gasteiger partial charge in [-0.3, -0.25) is 4.72 Å². The summed E-state index contributed by atoms with van der Waals surface area (Å²) >= 11 is 5.79. The van der Waals surface area contributed by atoms with Crippen molar-refractivity contribution in [3.8, 4) is 0 Å². The number of hydrogen-bond donors (Lipinski definition) is 2. The molecule has 3 rings (SSSR count). The van der Waals surface area contributed by atoms with E-state index in [1.807, 2.05) is 6.07 Å². The highest BCUT2D eigenvalue weighted by atomic mass is 35.5. The van der Waals surface area contributed by atoms with E-state index in [4.69, 9.17) is 11.6 Å². The van der Waals surface area contributed by atoms with Gasteiger partial charge < -0.3 is 10.2 Å². The number of nitrogens with one attached hydrogen (secondary N) is 2. The van der Waals surface area contributed by atoms with Crippen LogP contribution in [-0.4, -0.2) is 39.6 Å². The van der Waals surface area contributed by atoms with Crippen molar-refractivity contribution in [2.45, 2.75) is 11.3 Å². The first-order valence-corrected chi connectivity index (χ1v) is 9.61. The van der Waals surface area contributed by atoms with Crippen molar-refractivity contribution in [1.29, 1.82) is 0 Å². The molecule has 2 heterocycles. The van der Waals surface area contributed by atoms with E-state index >= 15 is 0 Å². The van der Waals surface area contributed by atoms with E-state index in [0.717, 1.165) is 38.4 Å². The summed E-state index contributed by atoms with van der Waals surface area (Å²) in [6, 6.07) is 9.60. The zero-order valence-corrected chi connectivity index (χ0v) is 14.6. The first-order valence-electron chi connectivity index (χ1n) is 7.75. The third kappa shape index (κ3) is 4.17. The number of sulfonamides is 1. The quantitative estimate of drug-likeness (QED) is 0.868. The first kappa shape index (κ1) is 17.0. The maximum absolute atomic E-state index is 12.3. The number of rotatable bonds is 4. The molecule has 2 N–H and O–H groups in total. The molecule has 0 unspecified atom stereocenters. The zero-order chi connectivity index (χ0) is 17.0. The molecule has 0 saturated carbocycles. The van der Waals surface area contributed by atoms with Gasteiger partial charge in [-0.2, -0.15) is 0 Å². The lowest BCUT2D eigenvalue weighted by Crippen LogP contribution is -2.28. The van der Waals surface area contributed by atoms with E-state index in [1.165, 1.54) is 12.1 Å². The molecule has 1 aliphatic rings. The van der Waals surface area contributed by atoms with Crippen molar-refractivity contribution < 1.29 is 8.42 Å². The predicted octanol–water partition coefficient (Wildman–Crippen LogP) is 2.34. The molecule has 0 spiro atoms. The van der Waals surface area contributed by atoms with Gasteiger partial charge in [0.15, 0.2) is 0 Å². The van der Waals surface area contributed by atoms with Crippen LogP contribution in [0.4, 0.5) is 11.5 Å². The maximum atomic E-state index is 12.3. The van der Waals surface area contributed by atoms with Gasteiger partial charge in [-0.15, -0.1) is 0 Å². The molecular formula is C16H19ClN4O2S. The average molecular weight is 367 g/mol. The Hall–Kier alpha value is -1.83. The standard InChI is InChI=1S/C16H19ClN4O2S/c17-13-2-5-15(6-3-13)24(22,23)20-14-4-7-16(19-12-14)21-10-1-8-18-9-11-21/h2-7,12,18,20H,1,8-11H2. The fraction of sp³-hybridized carbons (Fsp3) is 0.312. The van der Waals surface area contributed by atoms with Gasteiger partial charge in [0, 0.05) is 24.7 Å². The van der Waals surface area contributed by atoms with Crippen LogP contribution in [0.25, 0.3) is 0 Å². The summed E-state index contributed by atoms with van der Waals surface area (Å²) in [5, 5.41) is 3.83. The minimum absolute atomic E-state index is 0.162. The lowest BCUT2D eigenvalue weighted by atomic mass is 10.3. The van der Waals surface area contributed by atoms with Crippen LogP contribution < -0.4 is 14.9 Å². The fourth-order valence-corrected chi connectivity index (χ4v) is 3.71. The maximum Gasteiger partial charge on any atom is 0.261 e. The van der Waals surface area contributed by atoms with Gasteiger partial charge in [0.25, 0.3) is 10.0 Å². The molecule has 24 heavy (non-hydrogen) atoms. The number of hydrogen-bond acceptors (Lipinski definition) is 5. The molecule has 2 aromatic rings. The van der Waals surface area contributed by atoms with E-state index in [1.54, 1.807) is 24.4 Å². The summed E-state index contributed by atoms with van der Waals surface area (Å²) in [5.41, 5.74) is 0.432. The molecule has 0 amide bonds. The fourth-order valence-electron chi connectivity index (χ4n) is 2.54. The van der Waals surface area contributed by atoms with Crippen molar-refractivity contribution in [2.24, 2.45) is 0 Å². The van der Waals surface area contributed by atoms with E-state index in [2.05, 4.69) is 19.9 Å². The summed E-state index contributed by atoms with van der Waals surface area (Å²) in [6.45, 7) is 3.76. The lowest BCUT2D eigenvalue weighted by Gasteiger charge is -2.21. The van der Waals surface area contributed by atoms with Gasteiger partial charge in [-0.05, 0) is 49.4 Å². The van der Waals surface area contributed by atoms with Crippen LogP contribution in [0.5, 0.6) is 0 Å². The Morgan fingerprint density at radius 2 is 1.88 bits per heavy atom. The Kier molecular flexibility index (Phi) is 5.23. The summed E-state index contributed by atoms with van der Waals surface area (Å²) in [4.78, 5) is 6.74. The second-order valence-corrected chi connectivity index (χ2v) is 7.67. The Balaban J connectivity index is 1.72. The number of aromatic nitrogens is 1. The number of nitrogens with zero attached hydrogens (tertiary/aromatic N) is 2. The highest BCUT2D eigenvalue weighted by Gasteiger charge is 2.15. The van der Waals surface area contributed by atoms with Crippen molar-refractivity contribution in [3.63, 3.8) is 0 Å². The molecule has 6 nitrogen and oxygen atoms in total. The minimum Gasteiger partial charge on any atom is -0.355 e. The minimum atomic E-state index is -3.65. The Morgan fingerprint density at radius 1 is 1.08 bits per heavy atom. The highest BCUT2D eigenvalue weighted by Crippen LogP contribution is 2.20. The van der Waals surface area contributed by atoms with E-state index in [9.17, 15) is 8.42 Å². The number of pyridine rings is 1. The van der Waals surface area contributed by atoms with Crippen LogP contribution in [0.15, 0.2) is 47.5 Å². The second-order valence-electron chi connectivity index (χ2n) is 5.56. The van der Waals surface area contributed by atoms with Crippen LogP contribution in [0, 0.1) is 0 Å². The van der Waals surface area contributed by atoms with Gasteiger partial charge in [0.05, 0.1) is 16.8 Å². The van der Waals surface area contributed by atoms with Crippen LogP contribution >= 0.6 is 11.6 Å². The Bertz CT molecular complexity index is 771. The van der Waals surface area contributed by atoms with Crippen LogP contribution in [0.2, 0.25) is 5.02 Å². The third-order valence-electron chi connectivity index (χ3n) is 3.79. The molecule has 1 fully saturated rings. The van der Waals surface area contributed by atoms with Crippen molar-refractivity contribution in [1.82, 2.24) is 10.3 Å². The molecule has 1 aromatic heterocycles. The summed E-state index contributed by atoms with van der Waals surface area (Å²) < 4.78 is 27.2. The molecule has 1 saturated heterocycles. The van der Waals surface area contributed by atoms with Crippen LogP contribution in [-0.2, 0) is 10.0 Å². The van der Waals surface area contributed by atoms with Gasteiger partial charge in [-0.25, -0.2) is 13.4 Å². The molecule has 0 bridgehead atoms. The molecule has 1 aromatic carbocycles. The SMILES string of the molecule is O=S(=O)(Nc1ccc(N2CCCNCC2)nc1)c1ccc(Cl)cc1. The largest absolute Gasteiger partial charge is 0.355 e. The van der Waals surface area contributed by atoms with E-state index < -0.39 is 10.0 Å². The van der Waals surface area contributed by atoms with Crippen molar-refractivity contribution in [3.05, 3.63) is 47.6 Å². The smallest absolute Gasteiger partial charge is 0.261 e.